The molecule has 0 spiro atoms. The van der Waals surface area contributed by atoms with E-state index in [1.165, 1.54) is 5.56 Å². The number of rotatable bonds is 2. The van der Waals surface area contributed by atoms with Crippen molar-refractivity contribution in [2.45, 2.75) is 12.5 Å². The van der Waals surface area contributed by atoms with Crippen LogP contribution in [0.25, 0.3) is 0 Å². The van der Waals surface area contributed by atoms with Crippen molar-refractivity contribution in [3.8, 4) is 0 Å². The molecular weight excluding hydrogens is 152 g/mol. The molecule has 1 fully saturated rings. The summed E-state index contributed by atoms with van der Waals surface area (Å²) in [6.45, 7) is 2.76. The van der Waals surface area contributed by atoms with E-state index in [2.05, 4.69) is 0 Å². The molecule has 64 valence electrons. The Morgan fingerprint density at radius 2 is 2.17 bits per heavy atom. The third-order valence-corrected chi connectivity index (χ3v) is 2.38. The normalized spacial score (nSPS) is 27.2. The lowest BCUT2D eigenvalue weighted by Crippen LogP contribution is -2.15. The van der Waals surface area contributed by atoms with Crippen LogP contribution >= 0.6 is 0 Å². The summed E-state index contributed by atoms with van der Waals surface area (Å²) in [4.78, 5) is 0. The maximum absolute atomic E-state index is 9.11. The number of aryl methyl sites for hydroxylation is 1. The lowest BCUT2D eigenvalue weighted by molar-refractivity contribution is 0.172. The fourth-order valence-corrected chi connectivity index (χ4v) is 1.50. The highest BCUT2D eigenvalue weighted by Gasteiger charge is 2.46. The van der Waals surface area contributed by atoms with Crippen LogP contribution in [0.2, 0.25) is 0 Å². The van der Waals surface area contributed by atoms with Gasteiger partial charge in [0.25, 0.3) is 0 Å². The van der Waals surface area contributed by atoms with Gasteiger partial charge in [-0.25, -0.2) is 0 Å². The van der Waals surface area contributed by atoms with Crippen molar-refractivity contribution in [2.75, 3.05) is 13.2 Å². The second-order valence-electron chi connectivity index (χ2n) is 3.26. The zero-order valence-corrected chi connectivity index (χ0v) is 7.08. The highest BCUT2D eigenvalue weighted by molar-refractivity contribution is 5.34. The number of aliphatic hydroxyl groups excluding tert-OH is 1. The highest BCUT2D eigenvalue weighted by atomic mass is 16.6. The van der Waals surface area contributed by atoms with Crippen molar-refractivity contribution >= 4 is 0 Å². The molecule has 1 heterocycles. The predicted octanol–water partition coefficient (Wildman–Crippen LogP) is 1.21. The van der Waals surface area contributed by atoms with Crippen LogP contribution in [-0.4, -0.2) is 18.3 Å². The average molecular weight is 164 g/mol. The molecule has 0 aliphatic carbocycles. The molecule has 0 radical (unpaired) electrons. The van der Waals surface area contributed by atoms with Crippen molar-refractivity contribution in [1.82, 2.24) is 0 Å². The minimum absolute atomic E-state index is 0.0812. The van der Waals surface area contributed by atoms with Crippen LogP contribution in [0.15, 0.2) is 24.3 Å². The first kappa shape index (κ1) is 7.77. The summed E-state index contributed by atoms with van der Waals surface area (Å²) in [6.07, 6.45) is 0. The molecule has 1 aromatic rings. The molecule has 2 nitrogen and oxygen atoms in total. The molecule has 2 rings (SSSR count). The third-order valence-electron chi connectivity index (χ3n) is 2.38. The fraction of sp³-hybridized carbons (Fsp3) is 0.400. The van der Waals surface area contributed by atoms with Gasteiger partial charge in [0.1, 0.15) is 5.60 Å². The first-order chi connectivity index (χ1) is 5.78. The Balaban J connectivity index is 2.40. The number of hydrogen-bond donors (Lipinski definition) is 1. The van der Waals surface area contributed by atoms with E-state index in [0.29, 0.717) is 6.61 Å². The molecular formula is C10H12O2. The molecule has 12 heavy (non-hydrogen) atoms. The Morgan fingerprint density at radius 3 is 2.67 bits per heavy atom. The Kier molecular flexibility index (Phi) is 1.67. The van der Waals surface area contributed by atoms with Gasteiger partial charge in [-0.15, -0.1) is 0 Å². The van der Waals surface area contributed by atoms with Gasteiger partial charge in [-0.1, -0.05) is 24.3 Å². The molecule has 0 saturated carbocycles. The van der Waals surface area contributed by atoms with Gasteiger partial charge in [0.05, 0.1) is 13.2 Å². The molecule has 0 unspecified atom stereocenters. The van der Waals surface area contributed by atoms with Crippen LogP contribution in [0, 0.1) is 6.92 Å². The first-order valence-corrected chi connectivity index (χ1v) is 4.09. The van der Waals surface area contributed by atoms with Gasteiger partial charge in [0, 0.05) is 0 Å². The summed E-state index contributed by atoms with van der Waals surface area (Å²) >= 11 is 0. The monoisotopic (exact) mass is 164 g/mol. The van der Waals surface area contributed by atoms with Crippen molar-refractivity contribution in [1.29, 1.82) is 0 Å². The average Bonchev–Trinajstić information content (AvgIpc) is 2.86. The molecule has 0 bridgehead atoms. The van der Waals surface area contributed by atoms with Gasteiger partial charge >= 0.3 is 0 Å². The fourth-order valence-electron chi connectivity index (χ4n) is 1.50. The van der Waals surface area contributed by atoms with E-state index in [1.807, 2.05) is 31.2 Å². The summed E-state index contributed by atoms with van der Waals surface area (Å²) in [5.41, 5.74) is 1.93. The topological polar surface area (TPSA) is 32.8 Å². The molecule has 1 aliphatic heterocycles. The summed E-state index contributed by atoms with van der Waals surface area (Å²) in [5, 5.41) is 9.11. The van der Waals surface area contributed by atoms with Gasteiger partial charge in [0.15, 0.2) is 0 Å². The Labute approximate surface area is 71.8 Å². The van der Waals surface area contributed by atoms with Crippen molar-refractivity contribution in [3.63, 3.8) is 0 Å². The van der Waals surface area contributed by atoms with E-state index < -0.39 is 0 Å². The quantitative estimate of drug-likeness (QED) is 0.666. The van der Waals surface area contributed by atoms with Crippen LogP contribution in [0.3, 0.4) is 0 Å². The van der Waals surface area contributed by atoms with E-state index in [1.54, 1.807) is 0 Å². The van der Waals surface area contributed by atoms with E-state index in [-0.39, 0.29) is 12.2 Å². The molecule has 0 aromatic heterocycles. The van der Waals surface area contributed by atoms with Crippen LogP contribution in [0.5, 0.6) is 0 Å². The SMILES string of the molecule is Cc1ccccc1[C@@]1(CO)CO1. The van der Waals surface area contributed by atoms with Crippen molar-refractivity contribution in [3.05, 3.63) is 35.4 Å². The molecule has 2 heteroatoms. The van der Waals surface area contributed by atoms with Gasteiger partial charge in [-0.2, -0.15) is 0 Å². The largest absolute Gasteiger partial charge is 0.393 e. The van der Waals surface area contributed by atoms with Gasteiger partial charge in [0.2, 0.25) is 0 Å². The van der Waals surface area contributed by atoms with Crippen LogP contribution < -0.4 is 0 Å². The first-order valence-electron chi connectivity index (χ1n) is 4.09. The molecule has 1 saturated heterocycles. The summed E-state index contributed by atoms with van der Waals surface area (Å²) in [7, 11) is 0. The third kappa shape index (κ3) is 1.04. The summed E-state index contributed by atoms with van der Waals surface area (Å²) in [6, 6.07) is 8.01. The number of ether oxygens (including phenoxy) is 1. The maximum atomic E-state index is 9.11. The Bertz CT molecular complexity index is 290. The second-order valence-corrected chi connectivity index (χ2v) is 3.26. The maximum Gasteiger partial charge on any atom is 0.140 e. The van der Waals surface area contributed by atoms with Gasteiger partial charge < -0.3 is 9.84 Å². The number of hydrogen-bond acceptors (Lipinski definition) is 2. The standard InChI is InChI=1S/C10H12O2/c1-8-4-2-3-5-9(8)10(6-11)7-12-10/h2-5,11H,6-7H2,1H3/t10-/m1/s1. The van der Waals surface area contributed by atoms with E-state index in [0.717, 1.165) is 5.56 Å². The van der Waals surface area contributed by atoms with Crippen molar-refractivity contribution in [2.24, 2.45) is 0 Å². The van der Waals surface area contributed by atoms with E-state index >= 15 is 0 Å². The summed E-state index contributed by atoms with van der Waals surface area (Å²) < 4.78 is 5.26. The van der Waals surface area contributed by atoms with Crippen LogP contribution in [0.1, 0.15) is 11.1 Å². The van der Waals surface area contributed by atoms with E-state index in [9.17, 15) is 0 Å². The zero-order valence-electron chi connectivity index (χ0n) is 7.08. The number of epoxide rings is 1. The number of benzene rings is 1. The lowest BCUT2D eigenvalue weighted by Gasteiger charge is -2.10. The molecule has 0 amide bonds. The Morgan fingerprint density at radius 1 is 1.50 bits per heavy atom. The minimum Gasteiger partial charge on any atom is -0.393 e. The van der Waals surface area contributed by atoms with Crippen LogP contribution in [-0.2, 0) is 10.3 Å². The molecule has 1 atom stereocenters. The highest BCUT2D eigenvalue weighted by Crippen LogP contribution is 2.39. The molecule has 1 aromatic carbocycles. The van der Waals surface area contributed by atoms with Crippen LogP contribution in [0.4, 0.5) is 0 Å². The van der Waals surface area contributed by atoms with E-state index in [4.69, 9.17) is 9.84 Å². The molecule has 1 N–H and O–H groups in total. The minimum atomic E-state index is -0.370. The van der Waals surface area contributed by atoms with Crippen molar-refractivity contribution < 1.29 is 9.84 Å². The van der Waals surface area contributed by atoms with Gasteiger partial charge in [-0.3, -0.25) is 0 Å². The van der Waals surface area contributed by atoms with Gasteiger partial charge in [-0.05, 0) is 18.1 Å². The zero-order chi connectivity index (χ0) is 8.60. The predicted molar refractivity (Wildman–Crippen MR) is 45.9 cm³/mol. The molecule has 1 aliphatic rings. The smallest absolute Gasteiger partial charge is 0.140 e. The summed E-state index contributed by atoms with van der Waals surface area (Å²) in [5.74, 6) is 0. The lowest BCUT2D eigenvalue weighted by atomic mass is 9.96. The second kappa shape index (κ2) is 2.57. The number of aliphatic hydroxyl groups is 1. The Hall–Kier alpha value is -0.860.